The molecule has 0 atom stereocenters. The lowest BCUT2D eigenvalue weighted by atomic mass is 10.2. The van der Waals surface area contributed by atoms with Crippen LogP contribution in [0.3, 0.4) is 0 Å². The van der Waals surface area contributed by atoms with Gasteiger partial charge in [-0.05, 0) is 37.4 Å². The van der Waals surface area contributed by atoms with E-state index in [4.69, 9.17) is 4.42 Å². The van der Waals surface area contributed by atoms with Crippen molar-refractivity contribution in [3.63, 3.8) is 0 Å². The number of Topliss-reactive ketones (excluding diaryl/α,β-unsaturated/α-hetero) is 1. The number of rotatable bonds is 6. The van der Waals surface area contributed by atoms with E-state index in [1.54, 1.807) is 18.4 Å². The van der Waals surface area contributed by atoms with Crippen LogP contribution in [-0.4, -0.2) is 30.3 Å². The van der Waals surface area contributed by atoms with Gasteiger partial charge in [0.05, 0.1) is 12.8 Å². The van der Waals surface area contributed by atoms with Crippen molar-refractivity contribution in [3.8, 4) is 0 Å². The van der Waals surface area contributed by atoms with Crippen LogP contribution in [-0.2, 0) is 0 Å². The number of ketones is 1. The van der Waals surface area contributed by atoms with Crippen molar-refractivity contribution in [2.75, 3.05) is 19.6 Å². The molecule has 1 saturated carbocycles. The number of nitrogens with zero attached hydrogens (tertiary/aromatic N) is 1. The molecule has 15 heavy (non-hydrogen) atoms. The Hall–Kier alpha value is -1.09. The van der Waals surface area contributed by atoms with Crippen molar-refractivity contribution in [1.29, 1.82) is 0 Å². The van der Waals surface area contributed by atoms with Gasteiger partial charge in [0.2, 0.25) is 5.78 Å². The number of hydrogen-bond donors (Lipinski definition) is 0. The van der Waals surface area contributed by atoms with Gasteiger partial charge < -0.3 is 4.42 Å². The molecule has 1 aromatic heterocycles. The highest BCUT2D eigenvalue weighted by Gasteiger charge is 2.25. The van der Waals surface area contributed by atoms with Gasteiger partial charge >= 0.3 is 0 Å². The van der Waals surface area contributed by atoms with Crippen LogP contribution in [0.2, 0.25) is 0 Å². The van der Waals surface area contributed by atoms with E-state index in [2.05, 4.69) is 11.8 Å². The average Bonchev–Trinajstić information content (AvgIpc) is 2.88. The molecule has 0 aromatic carbocycles. The third-order valence-corrected chi connectivity index (χ3v) is 2.82. The third kappa shape index (κ3) is 2.93. The molecule has 1 fully saturated rings. The molecular formula is C12H17NO2. The summed E-state index contributed by atoms with van der Waals surface area (Å²) in [6, 6.07) is 3.48. The van der Waals surface area contributed by atoms with E-state index in [-0.39, 0.29) is 5.78 Å². The molecular weight excluding hydrogens is 190 g/mol. The van der Waals surface area contributed by atoms with Gasteiger partial charge in [0.25, 0.3) is 0 Å². The van der Waals surface area contributed by atoms with E-state index in [1.165, 1.54) is 12.8 Å². The molecule has 0 aliphatic heterocycles. The summed E-state index contributed by atoms with van der Waals surface area (Å²) in [7, 11) is 0. The minimum atomic E-state index is 0.0856. The Morgan fingerprint density at radius 1 is 1.60 bits per heavy atom. The fraction of sp³-hybridized carbons (Fsp3) is 0.583. The first-order chi connectivity index (χ1) is 7.29. The maximum atomic E-state index is 11.7. The van der Waals surface area contributed by atoms with Gasteiger partial charge in [-0.1, -0.05) is 6.92 Å². The monoisotopic (exact) mass is 207 g/mol. The lowest BCUT2D eigenvalue weighted by Crippen LogP contribution is -2.31. The topological polar surface area (TPSA) is 33.5 Å². The van der Waals surface area contributed by atoms with E-state index in [1.807, 2.05) is 0 Å². The number of carbonyl (C=O) groups excluding carboxylic acids is 1. The van der Waals surface area contributed by atoms with Gasteiger partial charge in [-0.2, -0.15) is 0 Å². The number of carbonyl (C=O) groups is 1. The van der Waals surface area contributed by atoms with Crippen LogP contribution >= 0.6 is 0 Å². The van der Waals surface area contributed by atoms with E-state index in [0.29, 0.717) is 12.3 Å². The fourth-order valence-corrected chi connectivity index (χ4v) is 1.69. The Labute approximate surface area is 90.1 Å². The largest absolute Gasteiger partial charge is 0.461 e. The number of likely N-dealkylation sites (N-methyl/N-ethyl adjacent to an activating group) is 1. The summed E-state index contributed by atoms with van der Waals surface area (Å²) in [6.07, 6.45) is 4.20. The molecule has 3 nitrogen and oxygen atoms in total. The van der Waals surface area contributed by atoms with E-state index in [9.17, 15) is 4.79 Å². The normalized spacial score (nSPS) is 15.9. The Bertz CT molecular complexity index is 314. The highest BCUT2D eigenvalue weighted by atomic mass is 16.3. The lowest BCUT2D eigenvalue weighted by molar-refractivity contribution is 0.0903. The molecule has 0 saturated heterocycles. The van der Waals surface area contributed by atoms with Crippen LogP contribution in [0.5, 0.6) is 0 Å². The highest BCUT2D eigenvalue weighted by molar-refractivity contribution is 5.94. The van der Waals surface area contributed by atoms with E-state index >= 15 is 0 Å². The van der Waals surface area contributed by atoms with Gasteiger partial charge in [-0.25, -0.2) is 0 Å². The third-order valence-electron chi connectivity index (χ3n) is 2.82. The predicted molar refractivity (Wildman–Crippen MR) is 57.9 cm³/mol. The molecule has 0 amide bonds. The summed E-state index contributed by atoms with van der Waals surface area (Å²) in [5.74, 6) is 1.39. The molecule has 0 spiro atoms. The van der Waals surface area contributed by atoms with Gasteiger partial charge in [0, 0.05) is 6.54 Å². The zero-order valence-electron chi connectivity index (χ0n) is 9.11. The predicted octanol–water partition coefficient (Wildman–Crippen LogP) is 2.19. The molecule has 0 radical (unpaired) electrons. The quantitative estimate of drug-likeness (QED) is 0.670. The summed E-state index contributed by atoms with van der Waals surface area (Å²) in [4.78, 5) is 13.9. The molecule has 1 aliphatic carbocycles. The molecule has 0 N–H and O–H groups in total. The van der Waals surface area contributed by atoms with Gasteiger partial charge in [0.15, 0.2) is 5.76 Å². The van der Waals surface area contributed by atoms with Crippen molar-refractivity contribution < 1.29 is 9.21 Å². The molecule has 82 valence electrons. The second-order valence-corrected chi connectivity index (χ2v) is 4.17. The van der Waals surface area contributed by atoms with Crippen LogP contribution in [0, 0.1) is 5.92 Å². The highest BCUT2D eigenvalue weighted by Crippen LogP contribution is 2.29. The molecule has 1 heterocycles. The van der Waals surface area contributed by atoms with Crippen LogP contribution in [0.4, 0.5) is 0 Å². The van der Waals surface area contributed by atoms with Crippen LogP contribution in [0.15, 0.2) is 22.8 Å². The van der Waals surface area contributed by atoms with Gasteiger partial charge in [0.1, 0.15) is 0 Å². The molecule has 2 rings (SSSR count). The SMILES string of the molecule is CCN(CC(=O)c1ccco1)CC1CC1. The maximum Gasteiger partial charge on any atom is 0.211 e. The Morgan fingerprint density at radius 2 is 2.40 bits per heavy atom. The Balaban J connectivity index is 1.85. The number of hydrogen-bond acceptors (Lipinski definition) is 3. The molecule has 3 heteroatoms. The first-order valence-corrected chi connectivity index (χ1v) is 5.58. The lowest BCUT2D eigenvalue weighted by Gasteiger charge is -2.18. The minimum absolute atomic E-state index is 0.0856. The van der Waals surface area contributed by atoms with Gasteiger partial charge in [-0.15, -0.1) is 0 Å². The standard InChI is InChI=1S/C12H17NO2/c1-2-13(8-10-5-6-10)9-11(14)12-4-3-7-15-12/h3-4,7,10H,2,5-6,8-9H2,1H3. The summed E-state index contributed by atoms with van der Waals surface area (Å²) >= 11 is 0. The number of furan rings is 1. The molecule has 1 aliphatic rings. The molecule has 0 bridgehead atoms. The summed E-state index contributed by atoms with van der Waals surface area (Å²) < 4.78 is 5.09. The first kappa shape index (κ1) is 10.4. The Morgan fingerprint density at radius 3 is 2.93 bits per heavy atom. The fourth-order valence-electron chi connectivity index (χ4n) is 1.69. The summed E-state index contributed by atoms with van der Waals surface area (Å²) in [6.45, 7) is 4.57. The van der Waals surface area contributed by atoms with Crippen LogP contribution in [0.1, 0.15) is 30.3 Å². The van der Waals surface area contributed by atoms with Crippen molar-refractivity contribution >= 4 is 5.78 Å². The minimum Gasteiger partial charge on any atom is -0.461 e. The van der Waals surface area contributed by atoms with Crippen LogP contribution in [0.25, 0.3) is 0 Å². The second kappa shape index (κ2) is 4.62. The summed E-state index contributed by atoms with van der Waals surface area (Å²) in [5, 5.41) is 0. The van der Waals surface area contributed by atoms with Gasteiger partial charge in [-0.3, -0.25) is 9.69 Å². The molecule has 1 aromatic rings. The van der Waals surface area contributed by atoms with E-state index < -0.39 is 0 Å². The van der Waals surface area contributed by atoms with Crippen molar-refractivity contribution in [2.45, 2.75) is 19.8 Å². The smallest absolute Gasteiger partial charge is 0.211 e. The summed E-state index contributed by atoms with van der Waals surface area (Å²) in [5.41, 5.74) is 0. The molecule has 0 unspecified atom stereocenters. The van der Waals surface area contributed by atoms with Crippen LogP contribution < -0.4 is 0 Å². The zero-order chi connectivity index (χ0) is 10.7. The zero-order valence-corrected chi connectivity index (χ0v) is 9.11. The second-order valence-electron chi connectivity index (χ2n) is 4.17. The Kier molecular flexibility index (Phi) is 3.21. The first-order valence-electron chi connectivity index (χ1n) is 5.58. The van der Waals surface area contributed by atoms with Crippen molar-refractivity contribution in [3.05, 3.63) is 24.2 Å². The van der Waals surface area contributed by atoms with Crippen molar-refractivity contribution in [1.82, 2.24) is 4.90 Å². The maximum absolute atomic E-state index is 11.7. The van der Waals surface area contributed by atoms with E-state index in [0.717, 1.165) is 19.0 Å². The average molecular weight is 207 g/mol. The van der Waals surface area contributed by atoms with Crippen molar-refractivity contribution in [2.24, 2.45) is 5.92 Å².